The summed E-state index contributed by atoms with van der Waals surface area (Å²) in [7, 11) is 1.71. The van der Waals surface area contributed by atoms with Gasteiger partial charge in [-0.2, -0.15) is 0 Å². The lowest BCUT2D eigenvalue weighted by Crippen LogP contribution is -2.17. The highest BCUT2D eigenvalue weighted by Crippen LogP contribution is 2.17. The summed E-state index contributed by atoms with van der Waals surface area (Å²) >= 11 is 0. The summed E-state index contributed by atoms with van der Waals surface area (Å²) in [5.41, 5.74) is 1.34. The number of nitrogens with zero attached hydrogens (tertiary/aromatic N) is 3. The molecule has 0 radical (unpaired) electrons. The van der Waals surface area contributed by atoms with Gasteiger partial charge in [-0.1, -0.05) is 19.0 Å². The van der Waals surface area contributed by atoms with Crippen LogP contribution < -0.4 is 10.6 Å². The van der Waals surface area contributed by atoms with Crippen LogP contribution in [0.3, 0.4) is 0 Å². The van der Waals surface area contributed by atoms with Gasteiger partial charge in [0.05, 0.1) is 18.1 Å². The van der Waals surface area contributed by atoms with Crippen LogP contribution in [0.5, 0.6) is 0 Å². The van der Waals surface area contributed by atoms with E-state index in [1.54, 1.807) is 13.2 Å². The lowest BCUT2D eigenvalue weighted by molar-refractivity contribution is 0.102. The van der Waals surface area contributed by atoms with Gasteiger partial charge in [-0.3, -0.25) is 4.79 Å². The van der Waals surface area contributed by atoms with Crippen molar-refractivity contribution in [3.63, 3.8) is 0 Å². The number of amides is 1. The van der Waals surface area contributed by atoms with Crippen LogP contribution in [0.25, 0.3) is 0 Å². The summed E-state index contributed by atoms with van der Waals surface area (Å²) in [5.74, 6) is 0.430. The van der Waals surface area contributed by atoms with Gasteiger partial charge in [0.2, 0.25) is 0 Å². The minimum atomic E-state index is -0.336. The molecule has 1 amide bonds. The zero-order chi connectivity index (χ0) is 13.8. The van der Waals surface area contributed by atoms with Crippen molar-refractivity contribution in [3.05, 3.63) is 30.2 Å². The lowest BCUT2D eigenvalue weighted by Gasteiger charge is -2.10. The van der Waals surface area contributed by atoms with Gasteiger partial charge in [0.15, 0.2) is 5.69 Å². The Morgan fingerprint density at radius 1 is 1.37 bits per heavy atom. The molecule has 0 saturated carbocycles. The summed E-state index contributed by atoms with van der Waals surface area (Å²) in [5, 5.41) is 9.07. The van der Waals surface area contributed by atoms with Crippen LogP contribution in [0.1, 0.15) is 36.1 Å². The van der Waals surface area contributed by atoms with Crippen molar-refractivity contribution in [1.29, 1.82) is 0 Å². The Balaban J connectivity index is 2.30. The van der Waals surface area contributed by atoms with Crippen molar-refractivity contribution < 1.29 is 9.32 Å². The Bertz CT molecular complexity index is 566. The van der Waals surface area contributed by atoms with Gasteiger partial charge in [0, 0.05) is 13.0 Å². The van der Waals surface area contributed by atoms with E-state index in [2.05, 4.69) is 30.3 Å². The van der Waals surface area contributed by atoms with Gasteiger partial charge < -0.3 is 15.2 Å². The topological polar surface area (TPSA) is 92.9 Å². The number of rotatable bonds is 4. The summed E-state index contributed by atoms with van der Waals surface area (Å²) in [6.07, 6.45) is 4.37. The minimum Gasteiger partial charge on any atom is -0.385 e. The van der Waals surface area contributed by atoms with Crippen molar-refractivity contribution in [3.8, 4) is 0 Å². The Labute approximate surface area is 110 Å². The summed E-state index contributed by atoms with van der Waals surface area (Å²) in [6.45, 7) is 3.94. The monoisotopic (exact) mass is 261 g/mol. The Morgan fingerprint density at radius 2 is 2.16 bits per heavy atom. The first-order valence-electron chi connectivity index (χ1n) is 5.87. The fourth-order valence-electron chi connectivity index (χ4n) is 1.49. The van der Waals surface area contributed by atoms with E-state index in [0.29, 0.717) is 22.9 Å². The average Bonchev–Trinajstić information content (AvgIpc) is 2.90. The molecule has 2 rings (SSSR count). The van der Waals surface area contributed by atoms with E-state index >= 15 is 0 Å². The SMILES string of the molecule is CNc1cnc(C(C)C)nc1C(=O)Nc1cnoc1. The molecule has 2 aromatic heterocycles. The number of hydrogen-bond acceptors (Lipinski definition) is 6. The van der Waals surface area contributed by atoms with Gasteiger partial charge in [-0.15, -0.1) is 0 Å². The van der Waals surface area contributed by atoms with Crippen LogP contribution in [0.2, 0.25) is 0 Å². The largest absolute Gasteiger partial charge is 0.385 e. The third-order valence-corrected chi connectivity index (χ3v) is 2.50. The second-order valence-corrected chi connectivity index (χ2v) is 4.26. The second kappa shape index (κ2) is 5.47. The fraction of sp³-hybridized carbons (Fsp3) is 0.333. The molecule has 0 fully saturated rings. The molecular formula is C12H15N5O2. The zero-order valence-corrected chi connectivity index (χ0v) is 11.0. The van der Waals surface area contributed by atoms with Gasteiger partial charge in [-0.05, 0) is 0 Å². The number of carbonyl (C=O) groups is 1. The highest BCUT2D eigenvalue weighted by atomic mass is 16.5. The Hall–Kier alpha value is -2.44. The molecule has 0 aliphatic rings. The quantitative estimate of drug-likeness (QED) is 0.872. The van der Waals surface area contributed by atoms with Gasteiger partial charge in [0.1, 0.15) is 17.8 Å². The zero-order valence-electron chi connectivity index (χ0n) is 11.0. The number of anilines is 2. The number of aromatic nitrogens is 3. The molecule has 0 aliphatic heterocycles. The molecule has 2 heterocycles. The molecule has 0 saturated heterocycles. The molecule has 0 spiro atoms. The maximum Gasteiger partial charge on any atom is 0.276 e. The van der Waals surface area contributed by atoms with Crippen LogP contribution in [-0.2, 0) is 0 Å². The Morgan fingerprint density at radius 3 is 2.74 bits per heavy atom. The molecule has 7 heteroatoms. The van der Waals surface area contributed by atoms with Crippen molar-refractivity contribution in [2.75, 3.05) is 17.7 Å². The van der Waals surface area contributed by atoms with Crippen molar-refractivity contribution in [2.45, 2.75) is 19.8 Å². The maximum absolute atomic E-state index is 12.2. The molecule has 2 N–H and O–H groups in total. The third-order valence-electron chi connectivity index (χ3n) is 2.50. The van der Waals surface area contributed by atoms with Crippen LogP contribution in [0.4, 0.5) is 11.4 Å². The highest BCUT2D eigenvalue weighted by Gasteiger charge is 2.16. The first-order valence-corrected chi connectivity index (χ1v) is 5.87. The molecule has 0 bridgehead atoms. The summed E-state index contributed by atoms with van der Waals surface area (Å²) in [4.78, 5) is 20.6. The molecule has 0 unspecified atom stereocenters. The van der Waals surface area contributed by atoms with E-state index in [-0.39, 0.29) is 11.8 Å². The van der Waals surface area contributed by atoms with E-state index in [1.165, 1.54) is 12.5 Å². The normalized spacial score (nSPS) is 10.5. The molecule has 0 atom stereocenters. The molecule has 0 aliphatic carbocycles. The molecule has 2 aromatic rings. The first kappa shape index (κ1) is 13.0. The maximum atomic E-state index is 12.2. The van der Waals surface area contributed by atoms with Crippen molar-refractivity contribution in [1.82, 2.24) is 15.1 Å². The second-order valence-electron chi connectivity index (χ2n) is 4.26. The molecule has 100 valence electrons. The number of nitrogens with one attached hydrogen (secondary N) is 2. The lowest BCUT2D eigenvalue weighted by atomic mass is 10.2. The Kier molecular flexibility index (Phi) is 3.74. The van der Waals surface area contributed by atoms with Gasteiger partial charge in [-0.25, -0.2) is 9.97 Å². The van der Waals surface area contributed by atoms with E-state index in [9.17, 15) is 4.79 Å². The molecule has 19 heavy (non-hydrogen) atoms. The van der Waals surface area contributed by atoms with Crippen LogP contribution >= 0.6 is 0 Å². The molecule has 7 nitrogen and oxygen atoms in total. The standard InChI is InChI=1S/C12H15N5O2/c1-7(2)11-14-5-9(13-3)10(17-11)12(18)16-8-4-15-19-6-8/h4-7,13H,1-3H3,(H,16,18). The first-order chi connectivity index (χ1) is 9.11. The van der Waals surface area contributed by atoms with E-state index in [1.807, 2.05) is 13.8 Å². The van der Waals surface area contributed by atoms with E-state index in [4.69, 9.17) is 0 Å². The van der Waals surface area contributed by atoms with E-state index < -0.39 is 0 Å². The van der Waals surface area contributed by atoms with E-state index in [0.717, 1.165) is 0 Å². The predicted molar refractivity (Wildman–Crippen MR) is 70.1 cm³/mol. The van der Waals surface area contributed by atoms with Crippen LogP contribution in [-0.4, -0.2) is 28.1 Å². The molecule has 0 aromatic carbocycles. The third kappa shape index (κ3) is 2.87. The fourth-order valence-corrected chi connectivity index (χ4v) is 1.49. The predicted octanol–water partition coefficient (Wildman–Crippen LogP) is 1.88. The van der Waals surface area contributed by atoms with Crippen molar-refractivity contribution >= 4 is 17.3 Å². The number of carbonyl (C=O) groups excluding carboxylic acids is 1. The van der Waals surface area contributed by atoms with Gasteiger partial charge >= 0.3 is 0 Å². The smallest absolute Gasteiger partial charge is 0.276 e. The highest BCUT2D eigenvalue weighted by molar-refractivity contribution is 6.06. The van der Waals surface area contributed by atoms with Crippen LogP contribution in [0, 0.1) is 0 Å². The summed E-state index contributed by atoms with van der Waals surface area (Å²) < 4.78 is 4.66. The van der Waals surface area contributed by atoms with Crippen LogP contribution in [0.15, 0.2) is 23.2 Å². The van der Waals surface area contributed by atoms with Crippen molar-refractivity contribution in [2.24, 2.45) is 0 Å². The van der Waals surface area contributed by atoms with Gasteiger partial charge in [0.25, 0.3) is 5.91 Å². The average molecular weight is 261 g/mol. The number of hydrogen-bond donors (Lipinski definition) is 2. The molecular weight excluding hydrogens is 246 g/mol. The minimum absolute atomic E-state index is 0.146. The summed E-state index contributed by atoms with van der Waals surface area (Å²) in [6, 6.07) is 0.